The smallest absolute Gasteiger partial charge is 0.181 e. The highest BCUT2D eigenvalue weighted by molar-refractivity contribution is 7.90. The van der Waals surface area contributed by atoms with Crippen LogP contribution in [0.15, 0.2) is 6.07 Å². The van der Waals surface area contributed by atoms with Gasteiger partial charge in [-0.3, -0.25) is 9.48 Å². The van der Waals surface area contributed by atoms with Gasteiger partial charge in [0.05, 0.1) is 11.4 Å². The van der Waals surface area contributed by atoms with Gasteiger partial charge < -0.3 is 0 Å². The molecule has 0 aliphatic carbocycles. The van der Waals surface area contributed by atoms with Crippen molar-refractivity contribution in [1.82, 2.24) is 9.78 Å². The fourth-order valence-corrected chi connectivity index (χ4v) is 2.07. The van der Waals surface area contributed by atoms with E-state index in [-0.39, 0.29) is 18.0 Å². The summed E-state index contributed by atoms with van der Waals surface area (Å²) in [5.74, 6) is -0.271. The molecule has 0 saturated carbocycles. The number of rotatable bonds is 6. The van der Waals surface area contributed by atoms with Gasteiger partial charge in [0.25, 0.3) is 0 Å². The van der Waals surface area contributed by atoms with E-state index in [1.165, 1.54) is 0 Å². The lowest BCUT2D eigenvalue weighted by atomic mass is 10.2. The second kappa shape index (κ2) is 5.44. The van der Waals surface area contributed by atoms with Crippen LogP contribution in [0.4, 0.5) is 0 Å². The SMILES string of the molecule is CCc1cc(C(=O)CCS(C)(=O)=O)n(CC)n1. The van der Waals surface area contributed by atoms with Crippen LogP contribution in [-0.2, 0) is 22.8 Å². The third kappa shape index (κ3) is 3.96. The Hall–Kier alpha value is -1.17. The highest BCUT2D eigenvalue weighted by atomic mass is 32.2. The molecule has 17 heavy (non-hydrogen) atoms. The van der Waals surface area contributed by atoms with Crippen molar-refractivity contribution in [2.45, 2.75) is 33.2 Å². The van der Waals surface area contributed by atoms with Crippen LogP contribution in [0.3, 0.4) is 0 Å². The van der Waals surface area contributed by atoms with Gasteiger partial charge in [0.1, 0.15) is 15.5 Å². The molecule has 0 atom stereocenters. The maximum atomic E-state index is 11.9. The Morgan fingerprint density at radius 3 is 2.53 bits per heavy atom. The van der Waals surface area contributed by atoms with Gasteiger partial charge in [-0.1, -0.05) is 6.92 Å². The normalized spacial score (nSPS) is 11.7. The summed E-state index contributed by atoms with van der Waals surface area (Å²) in [6, 6.07) is 1.74. The van der Waals surface area contributed by atoms with Gasteiger partial charge in [-0.05, 0) is 19.4 Å². The molecule has 96 valence electrons. The fraction of sp³-hybridized carbons (Fsp3) is 0.636. The highest BCUT2D eigenvalue weighted by Gasteiger charge is 2.15. The summed E-state index contributed by atoms with van der Waals surface area (Å²) in [4.78, 5) is 11.9. The number of carbonyl (C=O) groups is 1. The van der Waals surface area contributed by atoms with E-state index in [1.807, 2.05) is 13.8 Å². The van der Waals surface area contributed by atoms with E-state index in [1.54, 1.807) is 10.7 Å². The monoisotopic (exact) mass is 258 g/mol. The van der Waals surface area contributed by atoms with Gasteiger partial charge in [-0.2, -0.15) is 5.10 Å². The second-order valence-electron chi connectivity index (χ2n) is 3.99. The Kier molecular flexibility index (Phi) is 4.45. The minimum atomic E-state index is -3.10. The van der Waals surface area contributed by atoms with Gasteiger partial charge in [0, 0.05) is 19.2 Å². The van der Waals surface area contributed by atoms with E-state index in [2.05, 4.69) is 5.10 Å². The van der Waals surface area contributed by atoms with E-state index >= 15 is 0 Å². The first kappa shape index (κ1) is 13.9. The van der Waals surface area contributed by atoms with Crippen molar-refractivity contribution in [3.8, 4) is 0 Å². The summed E-state index contributed by atoms with van der Waals surface area (Å²) in [7, 11) is -3.10. The molecule has 0 fully saturated rings. The third-order valence-electron chi connectivity index (χ3n) is 2.48. The molecule has 1 rings (SSSR count). The lowest BCUT2D eigenvalue weighted by molar-refractivity contribution is 0.0978. The standard InChI is InChI=1S/C11H18N2O3S/c1-4-9-8-10(13(5-2)12-9)11(14)6-7-17(3,15)16/h8H,4-7H2,1-3H3. The number of nitrogens with zero attached hydrogens (tertiary/aromatic N) is 2. The molecule has 0 N–H and O–H groups in total. The molecule has 0 aliphatic rings. The zero-order chi connectivity index (χ0) is 13.1. The first-order valence-electron chi connectivity index (χ1n) is 5.65. The van der Waals surface area contributed by atoms with Crippen LogP contribution in [0, 0.1) is 0 Å². The first-order chi connectivity index (χ1) is 7.87. The lowest BCUT2D eigenvalue weighted by Crippen LogP contribution is -2.13. The molecule has 0 saturated heterocycles. The number of carbonyl (C=O) groups excluding carboxylic acids is 1. The summed E-state index contributed by atoms with van der Waals surface area (Å²) >= 11 is 0. The molecule has 0 aliphatic heterocycles. The molecule has 1 heterocycles. The fourth-order valence-electron chi connectivity index (χ4n) is 1.51. The molecular weight excluding hydrogens is 240 g/mol. The number of aromatic nitrogens is 2. The summed E-state index contributed by atoms with van der Waals surface area (Å²) in [6.07, 6.45) is 1.92. The van der Waals surface area contributed by atoms with Crippen LogP contribution in [0.5, 0.6) is 0 Å². The van der Waals surface area contributed by atoms with E-state index in [9.17, 15) is 13.2 Å². The number of hydrogen-bond acceptors (Lipinski definition) is 4. The molecule has 1 aromatic rings. The van der Waals surface area contributed by atoms with Crippen LogP contribution < -0.4 is 0 Å². The van der Waals surface area contributed by atoms with Crippen LogP contribution in [0.25, 0.3) is 0 Å². The maximum absolute atomic E-state index is 11.9. The molecule has 0 radical (unpaired) electrons. The molecule has 0 bridgehead atoms. The number of ketones is 1. The molecule has 5 nitrogen and oxygen atoms in total. The Bertz CT molecular complexity index is 503. The highest BCUT2D eigenvalue weighted by Crippen LogP contribution is 2.09. The van der Waals surface area contributed by atoms with Crippen molar-refractivity contribution in [2.24, 2.45) is 0 Å². The van der Waals surface area contributed by atoms with Crippen LogP contribution in [-0.4, -0.2) is 36.0 Å². The molecule has 0 aromatic carbocycles. The van der Waals surface area contributed by atoms with E-state index < -0.39 is 9.84 Å². The average Bonchev–Trinajstić information content (AvgIpc) is 2.68. The van der Waals surface area contributed by atoms with E-state index in [4.69, 9.17) is 0 Å². The summed E-state index contributed by atoms with van der Waals surface area (Å²) < 4.78 is 23.6. The first-order valence-corrected chi connectivity index (χ1v) is 7.71. The number of sulfone groups is 1. The lowest BCUT2D eigenvalue weighted by Gasteiger charge is -2.02. The van der Waals surface area contributed by atoms with Gasteiger partial charge in [0.2, 0.25) is 0 Å². The Labute approximate surface area is 102 Å². The predicted molar refractivity (Wildman–Crippen MR) is 65.9 cm³/mol. The average molecular weight is 258 g/mol. The van der Waals surface area contributed by atoms with Crippen molar-refractivity contribution >= 4 is 15.6 Å². The summed E-state index contributed by atoms with van der Waals surface area (Å²) in [5, 5.41) is 4.26. The summed E-state index contributed by atoms with van der Waals surface area (Å²) in [6.45, 7) is 4.48. The zero-order valence-electron chi connectivity index (χ0n) is 10.4. The molecule has 0 amide bonds. The minimum absolute atomic E-state index is 0.0215. The van der Waals surface area contributed by atoms with Crippen molar-refractivity contribution in [1.29, 1.82) is 0 Å². The van der Waals surface area contributed by atoms with Crippen molar-refractivity contribution in [3.63, 3.8) is 0 Å². The third-order valence-corrected chi connectivity index (χ3v) is 3.42. The Morgan fingerprint density at radius 1 is 1.41 bits per heavy atom. The number of aryl methyl sites for hydroxylation is 2. The molecule has 6 heteroatoms. The van der Waals surface area contributed by atoms with Gasteiger partial charge in [-0.25, -0.2) is 8.42 Å². The Balaban J connectivity index is 2.84. The molecule has 0 spiro atoms. The van der Waals surface area contributed by atoms with Crippen LogP contribution >= 0.6 is 0 Å². The zero-order valence-corrected chi connectivity index (χ0v) is 11.2. The number of hydrogen-bond donors (Lipinski definition) is 0. The molecule has 1 aromatic heterocycles. The minimum Gasteiger partial charge on any atom is -0.292 e. The van der Waals surface area contributed by atoms with Gasteiger partial charge >= 0.3 is 0 Å². The van der Waals surface area contributed by atoms with Crippen molar-refractivity contribution < 1.29 is 13.2 Å². The van der Waals surface area contributed by atoms with Gasteiger partial charge in [-0.15, -0.1) is 0 Å². The maximum Gasteiger partial charge on any atom is 0.181 e. The quantitative estimate of drug-likeness (QED) is 0.716. The van der Waals surface area contributed by atoms with Crippen LogP contribution in [0.1, 0.15) is 36.5 Å². The summed E-state index contributed by atoms with van der Waals surface area (Å²) in [5.41, 5.74) is 1.36. The van der Waals surface area contributed by atoms with Gasteiger partial charge in [0.15, 0.2) is 5.78 Å². The van der Waals surface area contributed by atoms with Crippen molar-refractivity contribution in [2.75, 3.05) is 12.0 Å². The Morgan fingerprint density at radius 2 is 2.06 bits per heavy atom. The molecule has 0 unspecified atom stereocenters. The van der Waals surface area contributed by atoms with Crippen molar-refractivity contribution in [3.05, 3.63) is 17.5 Å². The molecular formula is C11H18N2O3S. The largest absolute Gasteiger partial charge is 0.292 e. The van der Waals surface area contributed by atoms with E-state index in [0.717, 1.165) is 18.4 Å². The van der Waals surface area contributed by atoms with E-state index in [0.29, 0.717) is 12.2 Å². The topological polar surface area (TPSA) is 69.0 Å². The predicted octanol–water partition coefficient (Wildman–Crippen LogP) is 1.08. The van der Waals surface area contributed by atoms with Crippen LogP contribution in [0.2, 0.25) is 0 Å². The number of Topliss-reactive ketones (excluding diaryl/α,β-unsaturated/α-hetero) is 1. The second-order valence-corrected chi connectivity index (χ2v) is 6.25.